The minimum atomic E-state index is -0.148. The molecule has 0 aromatic heterocycles. The average Bonchev–Trinajstić information content (AvgIpc) is 2.54. The first kappa shape index (κ1) is 18.0. The number of rotatable bonds is 5. The van der Waals surface area contributed by atoms with E-state index in [1.165, 1.54) is 6.92 Å². The van der Waals surface area contributed by atoms with Crippen LogP contribution in [-0.4, -0.2) is 24.9 Å². The number of benzene rings is 2. The van der Waals surface area contributed by atoms with Crippen molar-refractivity contribution in [2.45, 2.75) is 20.8 Å². The van der Waals surface area contributed by atoms with E-state index in [0.29, 0.717) is 23.7 Å². The highest BCUT2D eigenvalue weighted by molar-refractivity contribution is 6.31. The summed E-state index contributed by atoms with van der Waals surface area (Å²) in [6, 6.07) is 12.8. The van der Waals surface area contributed by atoms with Gasteiger partial charge in [0.1, 0.15) is 0 Å². The zero-order chi connectivity index (χ0) is 17.7. The van der Waals surface area contributed by atoms with Crippen LogP contribution in [0.2, 0.25) is 5.02 Å². The number of carbonyl (C=O) groups is 2. The van der Waals surface area contributed by atoms with Gasteiger partial charge in [-0.05, 0) is 43.7 Å². The Kier molecular flexibility index (Phi) is 5.99. The predicted octanol–water partition coefficient (Wildman–Crippen LogP) is 3.74. The Morgan fingerprint density at radius 2 is 1.83 bits per heavy atom. The Bertz CT molecular complexity index is 759. The maximum atomic E-state index is 12.2. The van der Waals surface area contributed by atoms with E-state index >= 15 is 0 Å². The molecule has 0 saturated carbocycles. The van der Waals surface area contributed by atoms with Gasteiger partial charge in [-0.1, -0.05) is 35.4 Å². The second kappa shape index (κ2) is 7.97. The van der Waals surface area contributed by atoms with Crippen LogP contribution in [0.3, 0.4) is 0 Å². The number of amides is 2. The lowest BCUT2D eigenvalue weighted by atomic mass is 10.1. The molecular weight excluding hydrogens is 324 g/mol. The molecule has 2 aromatic carbocycles. The van der Waals surface area contributed by atoms with Crippen molar-refractivity contribution >= 4 is 29.1 Å². The fourth-order valence-corrected chi connectivity index (χ4v) is 2.68. The summed E-state index contributed by atoms with van der Waals surface area (Å²) in [6.45, 7) is 6.06. The molecule has 2 rings (SSSR count). The van der Waals surface area contributed by atoms with Gasteiger partial charge in [-0.25, -0.2) is 0 Å². The van der Waals surface area contributed by atoms with Gasteiger partial charge < -0.3 is 10.2 Å². The van der Waals surface area contributed by atoms with Crippen molar-refractivity contribution in [3.63, 3.8) is 0 Å². The second-order valence-corrected chi connectivity index (χ2v) is 6.09. The van der Waals surface area contributed by atoms with Gasteiger partial charge >= 0.3 is 0 Å². The molecule has 0 aliphatic heterocycles. The summed E-state index contributed by atoms with van der Waals surface area (Å²) in [5, 5.41) is 3.46. The first-order valence-corrected chi connectivity index (χ1v) is 8.16. The van der Waals surface area contributed by atoms with E-state index in [1.807, 2.05) is 44.2 Å². The summed E-state index contributed by atoms with van der Waals surface area (Å²) < 4.78 is 0. The zero-order valence-corrected chi connectivity index (χ0v) is 14.9. The van der Waals surface area contributed by atoms with E-state index in [9.17, 15) is 9.59 Å². The topological polar surface area (TPSA) is 49.4 Å². The van der Waals surface area contributed by atoms with Gasteiger partial charge in [0.2, 0.25) is 5.91 Å². The lowest BCUT2D eigenvalue weighted by Crippen LogP contribution is -2.38. The Labute approximate surface area is 147 Å². The van der Waals surface area contributed by atoms with Gasteiger partial charge in [0.05, 0.1) is 0 Å². The summed E-state index contributed by atoms with van der Waals surface area (Å²) in [7, 11) is 0. The first-order chi connectivity index (χ1) is 11.4. The second-order valence-electron chi connectivity index (χ2n) is 5.68. The standard InChI is InChI=1S/C19H21ClN2O2/c1-13-6-4-7-16(12-13)19(24)21-10-11-22(15(3)23)18-9-5-8-17(20)14(18)2/h4-9,12H,10-11H2,1-3H3,(H,21,24). The molecule has 0 aliphatic carbocycles. The molecule has 0 atom stereocenters. The number of nitrogens with one attached hydrogen (secondary N) is 1. The first-order valence-electron chi connectivity index (χ1n) is 7.78. The monoisotopic (exact) mass is 344 g/mol. The van der Waals surface area contributed by atoms with E-state index in [-0.39, 0.29) is 11.8 Å². The Hall–Kier alpha value is -2.33. The van der Waals surface area contributed by atoms with E-state index in [2.05, 4.69) is 5.32 Å². The molecule has 2 aromatic rings. The smallest absolute Gasteiger partial charge is 0.251 e. The molecule has 0 unspecified atom stereocenters. The van der Waals surface area contributed by atoms with Crippen LogP contribution in [0, 0.1) is 13.8 Å². The number of halogens is 1. The maximum absolute atomic E-state index is 12.2. The van der Waals surface area contributed by atoms with E-state index in [0.717, 1.165) is 16.8 Å². The third kappa shape index (κ3) is 4.36. The van der Waals surface area contributed by atoms with Crippen LogP contribution in [0.1, 0.15) is 28.4 Å². The Morgan fingerprint density at radius 1 is 1.12 bits per heavy atom. The number of nitrogens with zero attached hydrogens (tertiary/aromatic N) is 1. The number of hydrogen-bond acceptors (Lipinski definition) is 2. The van der Waals surface area contributed by atoms with Gasteiger partial charge in [-0.15, -0.1) is 0 Å². The predicted molar refractivity (Wildman–Crippen MR) is 97.7 cm³/mol. The van der Waals surface area contributed by atoms with Crippen LogP contribution in [-0.2, 0) is 4.79 Å². The summed E-state index contributed by atoms with van der Waals surface area (Å²) in [4.78, 5) is 25.8. The van der Waals surface area contributed by atoms with Gasteiger partial charge in [0.25, 0.3) is 5.91 Å². The van der Waals surface area contributed by atoms with E-state index in [4.69, 9.17) is 11.6 Å². The van der Waals surface area contributed by atoms with Gasteiger partial charge in [0, 0.05) is 36.3 Å². The summed E-state index contributed by atoms with van der Waals surface area (Å²) in [5.41, 5.74) is 3.25. The Morgan fingerprint density at radius 3 is 2.50 bits per heavy atom. The van der Waals surface area contributed by atoms with Crippen molar-refractivity contribution in [3.05, 3.63) is 64.2 Å². The lowest BCUT2D eigenvalue weighted by molar-refractivity contribution is -0.116. The normalized spacial score (nSPS) is 10.3. The largest absolute Gasteiger partial charge is 0.350 e. The van der Waals surface area contributed by atoms with Crippen molar-refractivity contribution in [1.82, 2.24) is 5.32 Å². The summed E-state index contributed by atoms with van der Waals surface area (Å²) in [5.74, 6) is -0.241. The molecule has 0 radical (unpaired) electrons. The third-order valence-corrected chi connectivity index (χ3v) is 4.22. The van der Waals surface area contributed by atoms with Crippen LogP contribution >= 0.6 is 11.6 Å². The van der Waals surface area contributed by atoms with E-state index in [1.54, 1.807) is 17.0 Å². The summed E-state index contributed by atoms with van der Waals surface area (Å²) >= 11 is 6.13. The van der Waals surface area contributed by atoms with Crippen molar-refractivity contribution in [2.24, 2.45) is 0 Å². The summed E-state index contributed by atoms with van der Waals surface area (Å²) in [6.07, 6.45) is 0. The molecule has 0 saturated heterocycles. The quantitative estimate of drug-likeness (QED) is 0.898. The van der Waals surface area contributed by atoms with Crippen LogP contribution in [0.15, 0.2) is 42.5 Å². The molecule has 24 heavy (non-hydrogen) atoms. The molecule has 4 nitrogen and oxygen atoms in total. The maximum Gasteiger partial charge on any atom is 0.251 e. The van der Waals surface area contributed by atoms with Crippen molar-refractivity contribution in [1.29, 1.82) is 0 Å². The van der Waals surface area contributed by atoms with Gasteiger partial charge in [-0.2, -0.15) is 0 Å². The molecule has 0 heterocycles. The molecule has 2 amide bonds. The van der Waals surface area contributed by atoms with Crippen molar-refractivity contribution in [3.8, 4) is 0 Å². The lowest BCUT2D eigenvalue weighted by Gasteiger charge is -2.23. The van der Waals surface area contributed by atoms with Crippen LogP contribution < -0.4 is 10.2 Å². The Balaban J connectivity index is 2.03. The molecule has 0 spiro atoms. The number of hydrogen-bond donors (Lipinski definition) is 1. The molecule has 5 heteroatoms. The molecule has 0 aliphatic rings. The van der Waals surface area contributed by atoms with Gasteiger partial charge in [-0.3, -0.25) is 9.59 Å². The fourth-order valence-electron chi connectivity index (χ4n) is 2.51. The average molecular weight is 345 g/mol. The van der Waals surface area contributed by atoms with Crippen LogP contribution in [0.5, 0.6) is 0 Å². The zero-order valence-electron chi connectivity index (χ0n) is 14.1. The number of carbonyl (C=O) groups excluding carboxylic acids is 2. The highest BCUT2D eigenvalue weighted by Gasteiger charge is 2.15. The molecule has 126 valence electrons. The minimum absolute atomic E-state index is 0.0924. The third-order valence-electron chi connectivity index (χ3n) is 3.81. The number of anilines is 1. The molecule has 0 fully saturated rings. The number of aryl methyl sites for hydroxylation is 1. The van der Waals surface area contributed by atoms with Crippen LogP contribution in [0.4, 0.5) is 5.69 Å². The van der Waals surface area contributed by atoms with Gasteiger partial charge in [0.15, 0.2) is 0 Å². The molecule has 0 bridgehead atoms. The molecule has 1 N–H and O–H groups in total. The highest BCUT2D eigenvalue weighted by Crippen LogP contribution is 2.26. The van der Waals surface area contributed by atoms with Crippen molar-refractivity contribution < 1.29 is 9.59 Å². The minimum Gasteiger partial charge on any atom is -0.350 e. The SMILES string of the molecule is CC(=O)N(CCNC(=O)c1cccc(C)c1)c1cccc(Cl)c1C. The molecular formula is C19H21ClN2O2. The van der Waals surface area contributed by atoms with Crippen molar-refractivity contribution in [2.75, 3.05) is 18.0 Å². The van der Waals surface area contributed by atoms with E-state index < -0.39 is 0 Å². The highest BCUT2D eigenvalue weighted by atomic mass is 35.5. The fraction of sp³-hybridized carbons (Fsp3) is 0.263. The van der Waals surface area contributed by atoms with Crippen LogP contribution in [0.25, 0.3) is 0 Å².